The SMILES string of the molecule is COc1ccc(C(O)C(NC(=O)c2ccccc2Cl)C(=O)O)cc1. The van der Waals surface area contributed by atoms with Crippen molar-refractivity contribution in [3.05, 3.63) is 64.7 Å². The summed E-state index contributed by atoms with van der Waals surface area (Å²) in [6.45, 7) is 0. The van der Waals surface area contributed by atoms with Crippen molar-refractivity contribution >= 4 is 23.5 Å². The molecule has 0 saturated carbocycles. The number of benzene rings is 2. The third-order valence-electron chi connectivity index (χ3n) is 3.44. The van der Waals surface area contributed by atoms with Gasteiger partial charge in [-0.3, -0.25) is 4.79 Å². The number of aliphatic carboxylic acids is 1. The Bertz CT molecular complexity index is 732. The maximum Gasteiger partial charge on any atom is 0.329 e. The standard InChI is InChI=1S/C17H16ClNO5/c1-24-11-8-6-10(7-9-11)15(20)14(17(22)23)19-16(21)12-4-2-3-5-13(12)18/h2-9,14-15,20H,1H3,(H,19,21)(H,22,23). The van der Waals surface area contributed by atoms with E-state index in [-0.39, 0.29) is 10.6 Å². The molecule has 2 aromatic carbocycles. The van der Waals surface area contributed by atoms with Crippen LogP contribution < -0.4 is 10.1 Å². The summed E-state index contributed by atoms with van der Waals surface area (Å²) < 4.78 is 5.01. The number of aliphatic hydroxyl groups excluding tert-OH is 1. The number of carboxylic acid groups (broad SMARTS) is 1. The summed E-state index contributed by atoms with van der Waals surface area (Å²) >= 11 is 5.93. The van der Waals surface area contributed by atoms with E-state index in [1.807, 2.05) is 0 Å². The zero-order valence-electron chi connectivity index (χ0n) is 12.8. The van der Waals surface area contributed by atoms with E-state index in [0.29, 0.717) is 11.3 Å². The highest BCUT2D eigenvalue weighted by atomic mass is 35.5. The lowest BCUT2D eigenvalue weighted by molar-refractivity contribution is -0.142. The summed E-state index contributed by atoms with van der Waals surface area (Å²) in [5.74, 6) is -1.47. The van der Waals surface area contributed by atoms with Crippen LogP contribution >= 0.6 is 11.6 Å². The zero-order valence-corrected chi connectivity index (χ0v) is 13.5. The number of hydrogen-bond acceptors (Lipinski definition) is 4. The lowest BCUT2D eigenvalue weighted by Crippen LogP contribution is -2.45. The molecule has 7 heteroatoms. The smallest absolute Gasteiger partial charge is 0.329 e. The molecular formula is C17H16ClNO5. The molecule has 0 saturated heterocycles. The highest BCUT2D eigenvalue weighted by Crippen LogP contribution is 2.22. The van der Waals surface area contributed by atoms with Gasteiger partial charge in [-0.05, 0) is 29.8 Å². The van der Waals surface area contributed by atoms with E-state index in [9.17, 15) is 19.8 Å². The molecule has 2 unspecified atom stereocenters. The zero-order chi connectivity index (χ0) is 17.7. The molecule has 0 aliphatic carbocycles. The molecule has 1 amide bonds. The van der Waals surface area contributed by atoms with E-state index >= 15 is 0 Å². The van der Waals surface area contributed by atoms with Gasteiger partial charge < -0.3 is 20.3 Å². The highest BCUT2D eigenvalue weighted by Gasteiger charge is 2.30. The molecule has 0 spiro atoms. The maximum atomic E-state index is 12.2. The van der Waals surface area contributed by atoms with Crippen molar-refractivity contribution in [3.63, 3.8) is 0 Å². The van der Waals surface area contributed by atoms with Crippen molar-refractivity contribution in [1.29, 1.82) is 0 Å². The van der Waals surface area contributed by atoms with Crippen LogP contribution in [0.5, 0.6) is 5.75 Å². The number of ether oxygens (including phenoxy) is 1. The number of nitrogens with one attached hydrogen (secondary N) is 1. The average Bonchev–Trinajstić information content (AvgIpc) is 2.59. The summed E-state index contributed by atoms with van der Waals surface area (Å²) in [5, 5.41) is 22.1. The first-order valence-corrected chi connectivity index (χ1v) is 7.42. The molecule has 0 aromatic heterocycles. The number of halogens is 1. The van der Waals surface area contributed by atoms with Crippen molar-refractivity contribution in [2.75, 3.05) is 7.11 Å². The number of hydrogen-bond donors (Lipinski definition) is 3. The lowest BCUT2D eigenvalue weighted by atomic mass is 10.0. The van der Waals surface area contributed by atoms with E-state index in [2.05, 4.69) is 5.32 Å². The Balaban J connectivity index is 2.20. The Morgan fingerprint density at radius 1 is 1.12 bits per heavy atom. The molecule has 0 aliphatic heterocycles. The van der Waals surface area contributed by atoms with E-state index in [4.69, 9.17) is 16.3 Å². The minimum Gasteiger partial charge on any atom is -0.497 e. The summed E-state index contributed by atoms with van der Waals surface area (Å²) in [6, 6.07) is 11.0. The summed E-state index contributed by atoms with van der Waals surface area (Å²) in [4.78, 5) is 23.7. The third-order valence-corrected chi connectivity index (χ3v) is 3.77. The fraction of sp³-hybridized carbons (Fsp3) is 0.176. The van der Waals surface area contributed by atoms with Gasteiger partial charge in [0.25, 0.3) is 5.91 Å². The van der Waals surface area contributed by atoms with Crippen LogP contribution in [0.2, 0.25) is 5.02 Å². The van der Waals surface area contributed by atoms with Crippen molar-refractivity contribution in [2.45, 2.75) is 12.1 Å². The first-order valence-electron chi connectivity index (χ1n) is 7.04. The molecular weight excluding hydrogens is 334 g/mol. The van der Waals surface area contributed by atoms with E-state index in [1.54, 1.807) is 24.3 Å². The largest absolute Gasteiger partial charge is 0.497 e. The van der Waals surface area contributed by atoms with Crippen molar-refractivity contribution < 1.29 is 24.5 Å². The minimum atomic E-state index is -1.53. The molecule has 0 heterocycles. The van der Waals surface area contributed by atoms with Gasteiger partial charge in [0.2, 0.25) is 0 Å². The number of aliphatic hydroxyl groups is 1. The van der Waals surface area contributed by atoms with Gasteiger partial charge in [0.05, 0.1) is 17.7 Å². The number of amides is 1. The molecule has 0 radical (unpaired) electrons. The fourth-order valence-electron chi connectivity index (χ4n) is 2.13. The van der Waals surface area contributed by atoms with Crippen molar-refractivity contribution in [2.24, 2.45) is 0 Å². The van der Waals surface area contributed by atoms with Crippen LogP contribution in [0.1, 0.15) is 22.0 Å². The Hall–Kier alpha value is -2.57. The summed E-state index contributed by atoms with van der Waals surface area (Å²) in [6.07, 6.45) is -1.43. The number of carboxylic acids is 1. The molecule has 126 valence electrons. The highest BCUT2D eigenvalue weighted by molar-refractivity contribution is 6.33. The van der Waals surface area contributed by atoms with Gasteiger partial charge in [-0.15, -0.1) is 0 Å². The van der Waals surface area contributed by atoms with Crippen LogP contribution in [-0.2, 0) is 4.79 Å². The van der Waals surface area contributed by atoms with Gasteiger partial charge >= 0.3 is 5.97 Å². The van der Waals surface area contributed by atoms with Gasteiger partial charge in [0, 0.05) is 0 Å². The predicted molar refractivity (Wildman–Crippen MR) is 88.3 cm³/mol. The monoisotopic (exact) mass is 349 g/mol. The fourth-order valence-corrected chi connectivity index (χ4v) is 2.36. The Morgan fingerprint density at radius 2 is 1.75 bits per heavy atom. The second kappa shape index (κ2) is 7.81. The molecule has 0 fully saturated rings. The molecule has 2 atom stereocenters. The maximum absolute atomic E-state index is 12.2. The number of carbonyl (C=O) groups excluding carboxylic acids is 1. The second-order valence-electron chi connectivity index (χ2n) is 4.99. The first kappa shape index (κ1) is 17.8. The second-order valence-corrected chi connectivity index (χ2v) is 5.39. The molecule has 0 aliphatic rings. The topological polar surface area (TPSA) is 95.9 Å². The van der Waals surface area contributed by atoms with Gasteiger partial charge in [-0.1, -0.05) is 35.9 Å². The van der Waals surface area contributed by atoms with Gasteiger partial charge in [-0.2, -0.15) is 0 Å². The minimum absolute atomic E-state index is 0.132. The molecule has 6 nitrogen and oxygen atoms in total. The Labute approximate surface area is 143 Å². The number of methoxy groups -OCH3 is 1. The van der Waals surface area contributed by atoms with Crippen molar-refractivity contribution in [1.82, 2.24) is 5.32 Å². The number of rotatable bonds is 6. The normalized spacial score (nSPS) is 13.0. The van der Waals surface area contributed by atoms with Crippen molar-refractivity contribution in [3.8, 4) is 5.75 Å². The van der Waals surface area contributed by atoms with E-state index < -0.39 is 24.0 Å². The first-order chi connectivity index (χ1) is 11.4. The number of carbonyl (C=O) groups is 2. The quantitative estimate of drug-likeness (QED) is 0.743. The Kier molecular flexibility index (Phi) is 5.78. The molecule has 2 aromatic rings. The third kappa shape index (κ3) is 4.04. The van der Waals surface area contributed by atoms with Gasteiger partial charge in [0.15, 0.2) is 6.04 Å². The molecule has 3 N–H and O–H groups in total. The van der Waals surface area contributed by atoms with E-state index in [0.717, 1.165) is 0 Å². The summed E-state index contributed by atoms with van der Waals surface area (Å²) in [5.41, 5.74) is 0.468. The average molecular weight is 350 g/mol. The van der Waals surface area contributed by atoms with E-state index in [1.165, 1.54) is 31.4 Å². The van der Waals surface area contributed by atoms with Crippen LogP contribution in [0, 0.1) is 0 Å². The van der Waals surface area contributed by atoms with Crippen LogP contribution in [-0.4, -0.2) is 35.2 Å². The van der Waals surface area contributed by atoms with Gasteiger partial charge in [0.1, 0.15) is 11.9 Å². The molecule has 0 bridgehead atoms. The van der Waals surface area contributed by atoms with Crippen LogP contribution in [0.25, 0.3) is 0 Å². The Morgan fingerprint density at radius 3 is 2.29 bits per heavy atom. The van der Waals surface area contributed by atoms with Gasteiger partial charge in [-0.25, -0.2) is 4.79 Å². The lowest BCUT2D eigenvalue weighted by Gasteiger charge is -2.21. The van der Waals surface area contributed by atoms with Crippen LogP contribution in [0.15, 0.2) is 48.5 Å². The van der Waals surface area contributed by atoms with Crippen LogP contribution in [0.4, 0.5) is 0 Å². The summed E-state index contributed by atoms with van der Waals surface area (Å²) in [7, 11) is 1.50. The molecule has 2 rings (SSSR count). The molecule has 24 heavy (non-hydrogen) atoms. The predicted octanol–water partition coefficient (Wildman–Crippen LogP) is 2.27. The van der Waals surface area contributed by atoms with Crippen LogP contribution in [0.3, 0.4) is 0 Å².